The van der Waals surface area contributed by atoms with Crippen molar-refractivity contribution in [1.82, 2.24) is 5.32 Å². The van der Waals surface area contributed by atoms with Gasteiger partial charge in [-0.3, -0.25) is 4.79 Å². The van der Waals surface area contributed by atoms with Crippen molar-refractivity contribution in [2.75, 3.05) is 0 Å². The summed E-state index contributed by atoms with van der Waals surface area (Å²) in [5, 5.41) is 3.06. The summed E-state index contributed by atoms with van der Waals surface area (Å²) in [4.78, 5) is 12.1. The molecule has 0 radical (unpaired) electrons. The molecule has 2 nitrogen and oxygen atoms in total. The lowest BCUT2D eigenvalue weighted by atomic mass is 10.0. The summed E-state index contributed by atoms with van der Waals surface area (Å²) in [5.74, 6) is 0.0610. The topological polar surface area (TPSA) is 29.1 Å². The number of aryl methyl sites for hydroxylation is 2. The predicted octanol–water partition coefficient (Wildman–Crippen LogP) is 3.98. The van der Waals surface area contributed by atoms with E-state index >= 15 is 0 Å². The fourth-order valence-corrected chi connectivity index (χ4v) is 2.31. The van der Waals surface area contributed by atoms with Crippen LogP contribution in [0.15, 0.2) is 48.5 Å². The van der Waals surface area contributed by atoms with Crippen LogP contribution in [0.1, 0.15) is 42.1 Å². The van der Waals surface area contributed by atoms with E-state index in [0.717, 1.165) is 17.5 Å². The normalized spacial score (nSPS) is 12.0. The maximum Gasteiger partial charge on any atom is 0.224 e. The summed E-state index contributed by atoms with van der Waals surface area (Å²) in [6.07, 6.45) is 1.46. The molecule has 0 saturated heterocycles. The molecule has 0 aliphatic heterocycles. The summed E-state index contributed by atoms with van der Waals surface area (Å²) >= 11 is 0. The Morgan fingerprint density at radius 1 is 1.00 bits per heavy atom. The average Bonchev–Trinajstić information content (AvgIpc) is 2.49. The molecule has 2 heteroatoms. The van der Waals surface area contributed by atoms with Crippen molar-refractivity contribution >= 4 is 5.91 Å². The zero-order valence-electron chi connectivity index (χ0n) is 13.0. The van der Waals surface area contributed by atoms with E-state index in [9.17, 15) is 4.79 Å². The van der Waals surface area contributed by atoms with Gasteiger partial charge in [0.1, 0.15) is 0 Å². The summed E-state index contributed by atoms with van der Waals surface area (Å²) < 4.78 is 0. The van der Waals surface area contributed by atoms with Crippen LogP contribution >= 0.6 is 0 Å². The Labute approximate surface area is 127 Å². The Kier molecular flexibility index (Phi) is 5.15. The quantitative estimate of drug-likeness (QED) is 0.882. The van der Waals surface area contributed by atoms with Gasteiger partial charge in [0.2, 0.25) is 5.91 Å². The van der Waals surface area contributed by atoms with Crippen LogP contribution in [0.5, 0.6) is 0 Å². The van der Waals surface area contributed by atoms with Gasteiger partial charge >= 0.3 is 0 Å². The molecule has 0 unspecified atom stereocenters. The van der Waals surface area contributed by atoms with Crippen molar-refractivity contribution < 1.29 is 4.79 Å². The van der Waals surface area contributed by atoms with Crippen LogP contribution in [-0.4, -0.2) is 5.91 Å². The highest BCUT2D eigenvalue weighted by atomic mass is 16.1. The lowest BCUT2D eigenvalue weighted by molar-refractivity contribution is -0.121. The molecule has 2 rings (SSSR count). The van der Waals surface area contributed by atoms with Gasteiger partial charge in [0, 0.05) is 0 Å². The molecule has 1 atom stereocenters. The Hall–Kier alpha value is -2.09. The lowest BCUT2D eigenvalue weighted by Crippen LogP contribution is -2.28. The molecule has 0 aromatic heterocycles. The number of hydrogen-bond donors (Lipinski definition) is 1. The van der Waals surface area contributed by atoms with Gasteiger partial charge < -0.3 is 5.32 Å². The van der Waals surface area contributed by atoms with E-state index in [2.05, 4.69) is 36.5 Å². The minimum atomic E-state index is 0.0360. The summed E-state index contributed by atoms with van der Waals surface area (Å²) in [5.41, 5.74) is 4.72. The van der Waals surface area contributed by atoms with Crippen LogP contribution in [0.2, 0.25) is 0 Å². The van der Waals surface area contributed by atoms with Crippen LogP contribution in [0, 0.1) is 6.92 Å². The number of carbonyl (C=O) groups is 1. The van der Waals surface area contributed by atoms with E-state index in [4.69, 9.17) is 0 Å². The molecule has 2 aromatic carbocycles. The van der Waals surface area contributed by atoms with E-state index in [1.807, 2.05) is 38.1 Å². The van der Waals surface area contributed by atoms with E-state index in [-0.39, 0.29) is 11.9 Å². The first-order valence-electron chi connectivity index (χ1n) is 7.52. The van der Waals surface area contributed by atoms with Crippen molar-refractivity contribution in [2.45, 2.75) is 39.7 Å². The molecule has 2 aromatic rings. The third kappa shape index (κ3) is 4.45. The molecule has 0 fully saturated rings. The molecular weight excluding hydrogens is 258 g/mol. The zero-order valence-corrected chi connectivity index (χ0v) is 13.0. The Morgan fingerprint density at radius 3 is 2.14 bits per heavy atom. The Balaban J connectivity index is 1.93. The van der Waals surface area contributed by atoms with E-state index in [0.29, 0.717) is 6.42 Å². The van der Waals surface area contributed by atoms with Gasteiger partial charge in [-0.05, 0) is 37.0 Å². The second kappa shape index (κ2) is 7.07. The number of benzene rings is 2. The molecule has 110 valence electrons. The van der Waals surface area contributed by atoms with E-state index in [1.54, 1.807) is 0 Å². The molecule has 21 heavy (non-hydrogen) atoms. The van der Waals surface area contributed by atoms with Gasteiger partial charge in [-0.2, -0.15) is 0 Å². The molecular formula is C19H23NO. The van der Waals surface area contributed by atoms with Gasteiger partial charge in [0.15, 0.2) is 0 Å². The zero-order chi connectivity index (χ0) is 15.2. The van der Waals surface area contributed by atoms with Crippen molar-refractivity contribution in [1.29, 1.82) is 0 Å². The fraction of sp³-hybridized carbons (Fsp3) is 0.316. The summed E-state index contributed by atoms with van der Waals surface area (Å²) in [6.45, 7) is 6.21. The SMILES string of the molecule is CCc1ccc([C@@H](C)NC(=O)Cc2ccc(C)cc2)cc1. The van der Waals surface area contributed by atoms with Gasteiger partial charge in [-0.15, -0.1) is 0 Å². The minimum absolute atomic E-state index is 0.0360. The largest absolute Gasteiger partial charge is 0.349 e. The maximum absolute atomic E-state index is 12.1. The third-order valence-corrected chi connectivity index (χ3v) is 3.75. The van der Waals surface area contributed by atoms with Crippen LogP contribution in [0.4, 0.5) is 0 Å². The monoisotopic (exact) mass is 281 g/mol. The Morgan fingerprint density at radius 2 is 1.57 bits per heavy atom. The number of nitrogens with one attached hydrogen (secondary N) is 1. The lowest BCUT2D eigenvalue weighted by Gasteiger charge is -2.15. The molecule has 1 N–H and O–H groups in total. The van der Waals surface area contributed by atoms with Crippen LogP contribution in [0.25, 0.3) is 0 Å². The first-order chi connectivity index (χ1) is 10.1. The second-order valence-corrected chi connectivity index (χ2v) is 5.55. The molecule has 0 aliphatic rings. The molecule has 1 amide bonds. The van der Waals surface area contributed by atoms with Crippen molar-refractivity contribution in [3.05, 3.63) is 70.8 Å². The fourth-order valence-electron chi connectivity index (χ4n) is 2.31. The highest BCUT2D eigenvalue weighted by Gasteiger charge is 2.10. The minimum Gasteiger partial charge on any atom is -0.349 e. The first kappa shape index (κ1) is 15.3. The van der Waals surface area contributed by atoms with Crippen LogP contribution in [0.3, 0.4) is 0 Å². The average molecular weight is 281 g/mol. The first-order valence-corrected chi connectivity index (χ1v) is 7.52. The predicted molar refractivity (Wildman–Crippen MR) is 87.3 cm³/mol. The van der Waals surface area contributed by atoms with Crippen molar-refractivity contribution in [2.24, 2.45) is 0 Å². The molecule has 0 spiro atoms. The summed E-state index contributed by atoms with van der Waals surface area (Å²) in [6, 6.07) is 16.6. The Bertz CT molecular complexity index is 584. The number of carbonyl (C=O) groups excluding carboxylic acids is 1. The van der Waals surface area contributed by atoms with Gasteiger partial charge in [-0.25, -0.2) is 0 Å². The van der Waals surface area contributed by atoms with Crippen molar-refractivity contribution in [3.63, 3.8) is 0 Å². The van der Waals surface area contributed by atoms with Gasteiger partial charge in [0.05, 0.1) is 12.5 Å². The number of amides is 1. The van der Waals surface area contributed by atoms with Crippen LogP contribution in [-0.2, 0) is 17.6 Å². The smallest absolute Gasteiger partial charge is 0.224 e. The molecule has 0 bridgehead atoms. The third-order valence-electron chi connectivity index (χ3n) is 3.75. The number of rotatable bonds is 5. The van der Waals surface area contributed by atoms with Crippen molar-refractivity contribution in [3.8, 4) is 0 Å². The van der Waals surface area contributed by atoms with Gasteiger partial charge in [-0.1, -0.05) is 61.0 Å². The summed E-state index contributed by atoms with van der Waals surface area (Å²) in [7, 11) is 0. The standard InChI is InChI=1S/C19H23NO/c1-4-16-9-11-18(12-10-16)15(3)20-19(21)13-17-7-5-14(2)6-8-17/h5-12,15H,4,13H2,1-3H3,(H,20,21)/t15-/m1/s1. The molecule has 0 heterocycles. The van der Waals surface area contributed by atoms with E-state index < -0.39 is 0 Å². The van der Waals surface area contributed by atoms with Gasteiger partial charge in [0.25, 0.3) is 0 Å². The highest BCUT2D eigenvalue weighted by Crippen LogP contribution is 2.14. The highest BCUT2D eigenvalue weighted by molar-refractivity contribution is 5.79. The van der Waals surface area contributed by atoms with Crippen LogP contribution < -0.4 is 5.32 Å². The van der Waals surface area contributed by atoms with E-state index in [1.165, 1.54) is 11.1 Å². The molecule has 0 saturated carbocycles. The molecule has 0 aliphatic carbocycles. The second-order valence-electron chi connectivity index (χ2n) is 5.55. The maximum atomic E-state index is 12.1. The number of hydrogen-bond acceptors (Lipinski definition) is 1.